The highest BCUT2D eigenvalue weighted by Gasteiger charge is 2.02. The molecule has 2 heteroatoms. The van der Waals surface area contributed by atoms with Gasteiger partial charge in [0.05, 0.1) is 0 Å². The van der Waals surface area contributed by atoms with Crippen LogP contribution < -0.4 is 0 Å². The van der Waals surface area contributed by atoms with E-state index in [0.717, 1.165) is 11.1 Å². The van der Waals surface area contributed by atoms with Gasteiger partial charge in [-0.25, -0.2) is 0 Å². The van der Waals surface area contributed by atoms with Crippen LogP contribution in [-0.2, 0) is 6.42 Å². The van der Waals surface area contributed by atoms with Gasteiger partial charge in [0.1, 0.15) is 11.5 Å². The van der Waals surface area contributed by atoms with E-state index in [1.807, 2.05) is 32.1 Å². The maximum absolute atomic E-state index is 9.56. The van der Waals surface area contributed by atoms with Gasteiger partial charge in [-0.05, 0) is 31.9 Å². The molecular formula is C13H16O2. The van der Waals surface area contributed by atoms with Crippen LogP contribution in [0.1, 0.15) is 19.4 Å². The number of rotatable bonds is 3. The molecule has 0 amide bonds. The summed E-state index contributed by atoms with van der Waals surface area (Å²) >= 11 is 0. The largest absolute Gasteiger partial charge is 0.508 e. The molecule has 1 rings (SSSR count). The van der Waals surface area contributed by atoms with Crippen LogP contribution in [0.2, 0.25) is 0 Å². The molecule has 1 aromatic carbocycles. The molecule has 0 saturated heterocycles. The third-order valence-electron chi connectivity index (χ3n) is 2.11. The van der Waals surface area contributed by atoms with E-state index in [2.05, 4.69) is 0 Å². The van der Waals surface area contributed by atoms with Crippen LogP contribution in [0.5, 0.6) is 11.5 Å². The van der Waals surface area contributed by atoms with Crippen molar-refractivity contribution in [3.8, 4) is 11.5 Å². The number of hydrogen-bond acceptors (Lipinski definition) is 2. The van der Waals surface area contributed by atoms with Gasteiger partial charge in [-0.15, -0.1) is 0 Å². The number of phenols is 2. The first-order valence-electron chi connectivity index (χ1n) is 4.93. The molecule has 0 fully saturated rings. The Morgan fingerprint density at radius 2 is 2.07 bits per heavy atom. The maximum atomic E-state index is 9.56. The molecule has 0 aliphatic rings. The summed E-state index contributed by atoms with van der Waals surface area (Å²) in [4.78, 5) is 0. The number of allylic oxidation sites excluding steroid dienone is 4. The van der Waals surface area contributed by atoms with Crippen molar-refractivity contribution in [2.24, 2.45) is 0 Å². The minimum absolute atomic E-state index is 0.0892. The molecule has 1 aromatic rings. The third kappa shape index (κ3) is 3.50. The zero-order chi connectivity index (χ0) is 11.3. The first-order chi connectivity index (χ1) is 7.13. The van der Waals surface area contributed by atoms with E-state index in [1.54, 1.807) is 12.1 Å². The quantitative estimate of drug-likeness (QED) is 0.742. The Hall–Kier alpha value is -1.70. The molecule has 0 aliphatic heterocycles. The van der Waals surface area contributed by atoms with Crippen LogP contribution in [-0.4, -0.2) is 10.2 Å². The van der Waals surface area contributed by atoms with E-state index in [4.69, 9.17) is 5.11 Å². The molecule has 0 bridgehead atoms. The Bertz CT molecular complexity index is 390. The molecule has 0 spiro atoms. The Balaban J connectivity index is 2.81. The van der Waals surface area contributed by atoms with Crippen molar-refractivity contribution in [3.63, 3.8) is 0 Å². The van der Waals surface area contributed by atoms with E-state index >= 15 is 0 Å². The maximum Gasteiger partial charge on any atom is 0.122 e. The Morgan fingerprint density at radius 1 is 1.33 bits per heavy atom. The fourth-order valence-electron chi connectivity index (χ4n) is 1.32. The molecule has 0 saturated carbocycles. The van der Waals surface area contributed by atoms with Gasteiger partial charge >= 0.3 is 0 Å². The highest BCUT2D eigenvalue weighted by atomic mass is 16.3. The topological polar surface area (TPSA) is 40.5 Å². The predicted molar refractivity (Wildman–Crippen MR) is 62.0 cm³/mol. The van der Waals surface area contributed by atoms with E-state index in [9.17, 15) is 5.11 Å². The van der Waals surface area contributed by atoms with Crippen LogP contribution in [0.25, 0.3) is 0 Å². The molecular weight excluding hydrogens is 188 g/mol. The fraction of sp³-hybridized carbons (Fsp3) is 0.231. The Morgan fingerprint density at radius 3 is 2.67 bits per heavy atom. The van der Waals surface area contributed by atoms with Crippen molar-refractivity contribution >= 4 is 0 Å². The van der Waals surface area contributed by atoms with Crippen molar-refractivity contribution in [1.82, 2.24) is 0 Å². The van der Waals surface area contributed by atoms with E-state index in [-0.39, 0.29) is 11.5 Å². The fourth-order valence-corrected chi connectivity index (χ4v) is 1.32. The van der Waals surface area contributed by atoms with Gasteiger partial charge in [0.15, 0.2) is 0 Å². The molecule has 0 heterocycles. The summed E-state index contributed by atoms with van der Waals surface area (Å²) in [5, 5.41) is 18.7. The summed E-state index contributed by atoms with van der Waals surface area (Å²) in [6, 6.07) is 4.67. The molecule has 0 radical (unpaired) electrons. The van der Waals surface area contributed by atoms with Crippen molar-refractivity contribution in [2.45, 2.75) is 20.3 Å². The van der Waals surface area contributed by atoms with Crippen LogP contribution >= 0.6 is 0 Å². The standard InChI is InChI=1S/C13H16O2/c1-3-4-5-10(2)8-11-6-7-12(14)9-13(11)15/h3-7,9,14-15H,8H2,1-2H3/b4-3-,10-5+. The smallest absolute Gasteiger partial charge is 0.122 e. The van der Waals surface area contributed by atoms with Gasteiger partial charge in [-0.1, -0.05) is 29.9 Å². The SMILES string of the molecule is C/C=C\C=C(/C)Cc1ccc(O)cc1O. The lowest BCUT2D eigenvalue weighted by atomic mass is 10.0. The molecule has 80 valence electrons. The van der Waals surface area contributed by atoms with Gasteiger partial charge in [0, 0.05) is 6.07 Å². The van der Waals surface area contributed by atoms with Crippen LogP contribution in [0.3, 0.4) is 0 Å². The average molecular weight is 204 g/mol. The van der Waals surface area contributed by atoms with E-state index in [1.165, 1.54) is 6.07 Å². The zero-order valence-corrected chi connectivity index (χ0v) is 9.07. The first-order valence-corrected chi connectivity index (χ1v) is 4.93. The van der Waals surface area contributed by atoms with Gasteiger partial charge in [0.25, 0.3) is 0 Å². The highest BCUT2D eigenvalue weighted by molar-refractivity contribution is 5.41. The lowest BCUT2D eigenvalue weighted by Crippen LogP contribution is -1.87. The van der Waals surface area contributed by atoms with E-state index < -0.39 is 0 Å². The summed E-state index contributed by atoms with van der Waals surface area (Å²) in [7, 11) is 0. The van der Waals surface area contributed by atoms with Crippen molar-refractivity contribution < 1.29 is 10.2 Å². The molecule has 2 N–H and O–H groups in total. The zero-order valence-electron chi connectivity index (χ0n) is 9.07. The van der Waals surface area contributed by atoms with E-state index in [0.29, 0.717) is 6.42 Å². The van der Waals surface area contributed by atoms with Gasteiger partial charge < -0.3 is 10.2 Å². The number of phenolic OH excluding ortho intramolecular Hbond substituents is 2. The molecule has 0 atom stereocenters. The summed E-state index contributed by atoms with van der Waals surface area (Å²) in [6.07, 6.45) is 6.62. The number of benzene rings is 1. The molecule has 0 aliphatic carbocycles. The first kappa shape index (κ1) is 11.4. The Kier molecular flexibility index (Phi) is 3.98. The van der Waals surface area contributed by atoms with Crippen molar-refractivity contribution in [1.29, 1.82) is 0 Å². The van der Waals surface area contributed by atoms with Gasteiger partial charge in [-0.3, -0.25) is 0 Å². The minimum Gasteiger partial charge on any atom is -0.508 e. The summed E-state index contributed by atoms with van der Waals surface area (Å²) in [5.74, 6) is 0.231. The lowest BCUT2D eigenvalue weighted by Gasteiger charge is -2.04. The van der Waals surface area contributed by atoms with Crippen LogP contribution in [0.4, 0.5) is 0 Å². The van der Waals surface area contributed by atoms with Crippen molar-refractivity contribution in [2.75, 3.05) is 0 Å². The second-order valence-corrected chi connectivity index (χ2v) is 3.53. The highest BCUT2D eigenvalue weighted by Crippen LogP contribution is 2.24. The average Bonchev–Trinajstić information content (AvgIpc) is 2.19. The summed E-state index contributed by atoms with van der Waals surface area (Å²) in [5.41, 5.74) is 1.99. The van der Waals surface area contributed by atoms with Gasteiger partial charge in [0.2, 0.25) is 0 Å². The van der Waals surface area contributed by atoms with Crippen LogP contribution in [0, 0.1) is 0 Å². The second kappa shape index (κ2) is 5.25. The second-order valence-electron chi connectivity index (χ2n) is 3.53. The monoisotopic (exact) mass is 204 g/mol. The normalized spacial score (nSPS) is 12.3. The predicted octanol–water partition coefficient (Wildman–Crippen LogP) is 3.16. The number of hydrogen-bond donors (Lipinski definition) is 2. The third-order valence-corrected chi connectivity index (χ3v) is 2.11. The van der Waals surface area contributed by atoms with Crippen LogP contribution in [0.15, 0.2) is 42.0 Å². The molecule has 0 aromatic heterocycles. The lowest BCUT2D eigenvalue weighted by molar-refractivity contribution is 0.446. The molecule has 2 nitrogen and oxygen atoms in total. The van der Waals surface area contributed by atoms with Gasteiger partial charge in [-0.2, -0.15) is 0 Å². The number of aromatic hydroxyl groups is 2. The summed E-state index contributed by atoms with van der Waals surface area (Å²) in [6.45, 7) is 3.97. The summed E-state index contributed by atoms with van der Waals surface area (Å²) < 4.78 is 0. The molecule has 0 unspecified atom stereocenters. The molecule has 15 heavy (non-hydrogen) atoms. The van der Waals surface area contributed by atoms with Crippen molar-refractivity contribution in [3.05, 3.63) is 47.6 Å². The minimum atomic E-state index is 0.0892. The Labute approximate surface area is 90.2 Å².